The second kappa shape index (κ2) is 20.2. The van der Waals surface area contributed by atoms with Crippen LogP contribution in [-0.4, -0.2) is 63.3 Å². The number of esters is 1. The normalized spacial score (nSPS) is 14.8. The molecule has 64 heavy (non-hydrogen) atoms. The van der Waals surface area contributed by atoms with Gasteiger partial charge in [0.1, 0.15) is 5.75 Å². The molecule has 8 rings (SSSR count). The number of likely N-dealkylation sites (tertiary alicyclic amines) is 1. The standard InChI is InChI=1S/C51H49ClN4O7S/c52-43-27-36(14-15-37(43)28-53-30-45(58)41-17-19-44(57)48-42(41)18-21-47(59)55-48)49(60)54-29-40-16-20-46(64-40)35-10-7-13-39(26-35)51(62,38-11-5-2-6-12-38)50(61)63-32-34-22-24-56(25-23-34)31-33-8-3-1-4-9-33/h1-21,26-27,34,45,53,57-58,62H,22-25,28-32H2,(H,54,60)(H,55,59)/t45-,51-/m0/s1. The van der Waals surface area contributed by atoms with E-state index in [9.17, 15) is 29.7 Å². The third kappa shape index (κ3) is 10.3. The zero-order valence-electron chi connectivity index (χ0n) is 35.0. The van der Waals surface area contributed by atoms with E-state index in [4.69, 9.17) is 16.3 Å². The third-order valence-corrected chi connectivity index (χ3v) is 13.3. The Bertz CT molecular complexity index is 2790. The number of aromatic amines is 1. The number of aromatic hydroxyl groups is 1. The first-order valence-corrected chi connectivity index (χ1v) is 22.5. The maximum atomic E-state index is 14.0. The summed E-state index contributed by atoms with van der Waals surface area (Å²) in [5, 5.41) is 40.5. The van der Waals surface area contributed by atoms with Gasteiger partial charge in [-0.05, 0) is 102 Å². The fourth-order valence-electron chi connectivity index (χ4n) is 8.16. The van der Waals surface area contributed by atoms with Gasteiger partial charge in [0.15, 0.2) is 0 Å². The number of hydrogen-bond donors (Lipinski definition) is 6. The van der Waals surface area contributed by atoms with Crippen molar-refractivity contribution >= 4 is 45.7 Å². The highest BCUT2D eigenvalue weighted by Gasteiger charge is 2.42. The molecule has 2 aromatic heterocycles. The van der Waals surface area contributed by atoms with Crippen molar-refractivity contribution in [2.45, 2.75) is 44.2 Å². The third-order valence-electron chi connectivity index (χ3n) is 11.8. The number of fused-ring (bicyclic) bond motifs is 1. The van der Waals surface area contributed by atoms with Crippen LogP contribution in [-0.2, 0) is 34.8 Å². The summed E-state index contributed by atoms with van der Waals surface area (Å²) in [6.45, 7) is 3.72. The summed E-state index contributed by atoms with van der Waals surface area (Å²) in [6.07, 6.45) is 0.872. The van der Waals surface area contributed by atoms with Crippen LogP contribution in [0.5, 0.6) is 5.75 Å². The molecule has 0 radical (unpaired) electrons. The molecule has 328 valence electrons. The summed E-state index contributed by atoms with van der Waals surface area (Å²) in [5.41, 5.74) is 2.47. The first-order valence-electron chi connectivity index (χ1n) is 21.3. The number of thiophene rings is 1. The van der Waals surface area contributed by atoms with Gasteiger partial charge < -0.3 is 35.7 Å². The number of aliphatic hydroxyl groups is 2. The molecule has 1 saturated heterocycles. The first-order chi connectivity index (χ1) is 31.0. The Hall–Kier alpha value is -6.12. The lowest BCUT2D eigenvalue weighted by Crippen LogP contribution is -2.40. The number of amides is 1. The van der Waals surface area contributed by atoms with E-state index in [1.807, 2.05) is 42.5 Å². The van der Waals surface area contributed by atoms with Crippen molar-refractivity contribution in [1.82, 2.24) is 20.5 Å². The zero-order chi connectivity index (χ0) is 44.6. The average molecular weight is 897 g/mol. The summed E-state index contributed by atoms with van der Waals surface area (Å²) in [7, 11) is 0. The monoisotopic (exact) mass is 896 g/mol. The summed E-state index contributed by atoms with van der Waals surface area (Å²) >= 11 is 8.09. The van der Waals surface area contributed by atoms with Gasteiger partial charge in [-0.1, -0.05) is 103 Å². The van der Waals surface area contributed by atoms with Gasteiger partial charge in [0.2, 0.25) is 11.2 Å². The number of ether oxygens (including phenoxy) is 1. The first kappa shape index (κ1) is 44.5. The van der Waals surface area contributed by atoms with Crippen LogP contribution in [0.15, 0.2) is 144 Å². The SMILES string of the molecule is O=C(NCc1ccc(-c2cccc([C@](O)(C(=O)OCC3CCN(Cc4ccccc4)CC3)c3ccccc3)c2)s1)c1ccc(CNC[C@H](O)c2ccc(O)c3[nH]c(=O)ccc23)c(Cl)c1. The highest BCUT2D eigenvalue weighted by Crippen LogP contribution is 2.36. The fraction of sp³-hybridized carbons (Fsp3) is 0.235. The molecule has 0 saturated carbocycles. The lowest BCUT2D eigenvalue weighted by molar-refractivity contribution is -0.164. The number of hydrogen-bond acceptors (Lipinski definition) is 10. The molecule has 11 nitrogen and oxygen atoms in total. The van der Waals surface area contributed by atoms with E-state index in [2.05, 4.69) is 44.8 Å². The Morgan fingerprint density at radius 2 is 1.61 bits per heavy atom. The number of pyridine rings is 1. The summed E-state index contributed by atoms with van der Waals surface area (Å²) in [5.74, 6) is -0.883. The molecule has 6 N–H and O–H groups in total. The van der Waals surface area contributed by atoms with Crippen molar-refractivity contribution in [2.24, 2.45) is 5.92 Å². The van der Waals surface area contributed by atoms with Crippen LogP contribution in [0, 0.1) is 5.92 Å². The molecule has 7 aromatic rings. The minimum absolute atomic E-state index is 0.0822. The second-order valence-corrected chi connectivity index (χ2v) is 17.7. The number of rotatable bonds is 16. The maximum absolute atomic E-state index is 14.0. The fourth-order valence-corrected chi connectivity index (χ4v) is 9.35. The zero-order valence-corrected chi connectivity index (χ0v) is 36.6. The molecule has 0 bridgehead atoms. The maximum Gasteiger partial charge on any atom is 0.347 e. The molecule has 1 aliphatic heterocycles. The largest absolute Gasteiger partial charge is 0.506 e. The van der Waals surface area contributed by atoms with Crippen LogP contribution in [0.3, 0.4) is 0 Å². The van der Waals surface area contributed by atoms with Crippen molar-refractivity contribution in [3.8, 4) is 16.2 Å². The summed E-state index contributed by atoms with van der Waals surface area (Å²) in [4.78, 5) is 45.8. The van der Waals surface area contributed by atoms with Crippen molar-refractivity contribution in [3.63, 3.8) is 0 Å². The number of nitrogens with one attached hydrogen (secondary N) is 3. The molecule has 13 heteroatoms. The number of phenolic OH excluding ortho intramolecular Hbond substituents is 1. The Balaban J connectivity index is 0.861. The van der Waals surface area contributed by atoms with Crippen molar-refractivity contribution in [1.29, 1.82) is 0 Å². The summed E-state index contributed by atoms with van der Waals surface area (Å²) < 4.78 is 5.94. The number of piperidine rings is 1. The van der Waals surface area contributed by atoms with Gasteiger partial charge in [0.25, 0.3) is 5.91 Å². The van der Waals surface area contributed by atoms with Gasteiger partial charge in [-0.2, -0.15) is 0 Å². The lowest BCUT2D eigenvalue weighted by atomic mass is 9.85. The molecule has 2 atom stereocenters. The van der Waals surface area contributed by atoms with E-state index in [1.54, 1.807) is 60.7 Å². The number of H-pyrrole nitrogens is 1. The summed E-state index contributed by atoms with van der Waals surface area (Å²) in [6, 6.07) is 41.5. The van der Waals surface area contributed by atoms with Crippen LogP contribution in [0.4, 0.5) is 0 Å². The highest BCUT2D eigenvalue weighted by atomic mass is 35.5. The minimum Gasteiger partial charge on any atom is -0.506 e. The second-order valence-electron chi connectivity index (χ2n) is 16.1. The van der Waals surface area contributed by atoms with E-state index >= 15 is 0 Å². The molecule has 5 aromatic carbocycles. The van der Waals surface area contributed by atoms with Crippen molar-refractivity contribution in [3.05, 3.63) is 193 Å². The van der Waals surface area contributed by atoms with Crippen molar-refractivity contribution < 1.29 is 29.6 Å². The smallest absolute Gasteiger partial charge is 0.347 e. The number of phenols is 1. The number of benzene rings is 5. The number of aliphatic hydroxyl groups excluding tert-OH is 1. The quantitative estimate of drug-likeness (QED) is 0.0527. The van der Waals surface area contributed by atoms with Gasteiger partial charge in [-0.3, -0.25) is 14.5 Å². The molecule has 1 fully saturated rings. The van der Waals surface area contributed by atoms with Gasteiger partial charge in [0, 0.05) is 57.0 Å². The van der Waals surface area contributed by atoms with Crippen LogP contribution in [0.1, 0.15) is 62.0 Å². The number of carbonyl (C=O) groups excluding carboxylic acids is 2. The van der Waals surface area contributed by atoms with Gasteiger partial charge in [-0.25, -0.2) is 4.79 Å². The molecule has 0 unspecified atom stereocenters. The van der Waals surface area contributed by atoms with Crippen LogP contribution >= 0.6 is 22.9 Å². The molecule has 3 heterocycles. The van der Waals surface area contributed by atoms with Gasteiger partial charge in [0.05, 0.1) is 24.8 Å². The Labute approximate surface area is 380 Å². The average Bonchev–Trinajstić information content (AvgIpc) is 3.81. The van der Waals surface area contributed by atoms with E-state index in [-0.39, 0.29) is 48.3 Å². The highest BCUT2D eigenvalue weighted by molar-refractivity contribution is 7.15. The molecule has 0 aliphatic carbocycles. The van der Waals surface area contributed by atoms with Gasteiger partial charge >= 0.3 is 5.97 Å². The number of carbonyl (C=O) groups is 2. The van der Waals surface area contributed by atoms with E-state index in [0.717, 1.165) is 53.4 Å². The van der Waals surface area contributed by atoms with Crippen LogP contribution < -0.4 is 16.2 Å². The van der Waals surface area contributed by atoms with E-state index in [1.165, 1.54) is 29.0 Å². The lowest BCUT2D eigenvalue weighted by Gasteiger charge is -2.33. The Morgan fingerprint density at radius 3 is 2.38 bits per heavy atom. The molecular formula is C51H49ClN4O7S. The topological polar surface area (TPSA) is 164 Å². The number of nitrogens with zero attached hydrogens (tertiary/aromatic N) is 1. The Kier molecular flexibility index (Phi) is 14.0. The van der Waals surface area contributed by atoms with E-state index < -0.39 is 17.7 Å². The van der Waals surface area contributed by atoms with Crippen LogP contribution in [0.25, 0.3) is 21.3 Å². The Morgan fingerprint density at radius 1 is 0.859 bits per heavy atom. The molecule has 1 amide bonds. The minimum atomic E-state index is -2.03. The van der Waals surface area contributed by atoms with E-state index in [0.29, 0.717) is 39.2 Å². The predicted molar refractivity (Wildman–Crippen MR) is 250 cm³/mol. The van der Waals surface area contributed by atoms with Crippen molar-refractivity contribution in [2.75, 3.05) is 26.2 Å². The molecule has 0 spiro atoms. The molecule has 1 aliphatic rings. The molecular weight excluding hydrogens is 848 g/mol. The van der Waals surface area contributed by atoms with Crippen LogP contribution in [0.2, 0.25) is 5.02 Å². The predicted octanol–water partition coefficient (Wildman–Crippen LogP) is 8.06. The number of aromatic nitrogens is 1. The van der Waals surface area contributed by atoms with Gasteiger partial charge in [-0.15, -0.1) is 11.3 Å². The number of halogens is 1.